The van der Waals surface area contributed by atoms with Crippen LogP contribution in [0, 0.1) is 0 Å². The lowest BCUT2D eigenvalue weighted by atomic mass is 10.1. The Morgan fingerprint density at radius 2 is 1.50 bits per heavy atom. The summed E-state index contributed by atoms with van der Waals surface area (Å²) < 4.78 is 0. The van der Waals surface area contributed by atoms with Crippen LogP contribution in [-0.2, 0) is 9.59 Å². The SMILES string of the molecule is CC(=O)N(C(C)=O)c1cccc2c(O)cccc12. The van der Waals surface area contributed by atoms with Crippen LogP contribution in [0.4, 0.5) is 5.69 Å². The number of aromatic hydroxyl groups is 1. The molecule has 0 aliphatic heterocycles. The van der Waals surface area contributed by atoms with E-state index in [1.54, 1.807) is 36.4 Å². The number of fused-ring (bicyclic) bond motifs is 1. The van der Waals surface area contributed by atoms with E-state index in [9.17, 15) is 14.7 Å². The predicted octanol–water partition coefficient (Wildman–Crippen LogP) is 2.44. The molecule has 2 rings (SSSR count). The lowest BCUT2D eigenvalue weighted by molar-refractivity contribution is -0.124. The van der Waals surface area contributed by atoms with Crippen LogP contribution in [0.15, 0.2) is 36.4 Å². The molecule has 2 aromatic rings. The third kappa shape index (κ3) is 1.93. The molecular weight excluding hydrogens is 230 g/mol. The number of imide groups is 1. The standard InChI is InChI=1S/C14H13NO3/c1-9(16)15(10(2)17)13-7-3-6-12-11(13)5-4-8-14(12)18/h3-8,18H,1-2H3. The molecule has 0 aliphatic carbocycles. The Hall–Kier alpha value is -2.36. The van der Waals surface area contributed by atoms with Crippen molar-refractivity contribution < 1.29 is 14.7 Å². The van der Waals surface area contributed by atoms with E-state index in [0.29, 0.717) is 16.5 Å². The smallest absolute Gasteiger partial charge is 0.230 e. The summed E-state index contributed by atoms with van der Waals surface area (Å²) in [5, 5.41) is 11.0. The summed E-state index contributed by atoms with van der Waals surface area (Å²) in [4.78, 5) is 24.2. The molecule has 0 atom stereocenters. The second-order valence-corrected chi connectivity index (χ2v) is 4.02. The molecule has 18 heavy (non-hydrogen) atoms. The number of phenols is 1. The fraction of sp³-hybridized carbons (Fsp3) is 0.143. The fourth-order valence-electron chi connectivity index (χ4n) is 2.03. The first-order valence-electron chi connectivity index (χ1n) is 5.54. The summed E-state index contributed by atoms with van der Waals surface area (Å²) >= 11 is 0. The van der Waals surface area contributed by atoms with E-state index < -0.39 is 0 Å². The minimum Gasteiger partial charge on any atom is -0.507 e. The summed E-state index contributed by atoms with van der Waals surface area (Å²) in [6, 6.07) is 10.1. The first-order valence-corrected chi connectivity index (χ1v) is 5.54. The van der Waals surface area contributed by atoms with Crippen LogP contribution < -0.4 is 4.90 Å². The maximum absolute atomic E-state index is 11.6. The van der Waals surface area contributed by atoms with Crippen LogP contribution in [0.2, 0.25) is 0 Å². The van der Waals surface area contributed by atoms with Crippen molar-refractivity contribution in [2.24, 2.45) is 0 Å². The number of benzene rings is 2. The molecule has 2 aromatic carbocycles. The van der Waals surface area contributed by atoms with Gasteiger partial charge in [-0.3, -0.25) is 14.5 Å². The van der Waals surface area contributed by atoms with Gasteiger partial charge < -0.3 is 5.11 Å². The maximum Gasteiger partial charge on any atom is 0.230 e. The van der Waals surface area contributed by atoms with E-state index in [1.165, 1.54) is 13.8 Å². The quantitative estimate of drug-likeness (QED) is 0.836. The van der Waals surface area contributed by atoms with Gasteiger partial charge in [0.2, 0.25) is 11.8 Å². The number of carbonyl (C=O) groups is 2. The number of carbonyl (C=O) groups excluding carboxylic acids is 2. The molecule has 0 radical (unpaired) electrons. The zero-order valence-corrected chi connectivity index (χ0v) is 10.2. The van der Waals surface area contributed by atoms with Gasteiger partial charge >= 0.3 is 0 Å². The monoisotopic (exact) mass is 243 g/mol. The number of hydrogen-bond acceptors (Lipinski definition) is 3. The summed E-state index contributed by atoms with van der Waals surface area (Å²) in [6.07, 6.45) is 0. The lowest BCUT2D eigenvalue weighted by Crippen LogP contribution is -2.33. The van der Waals surface area contributed by atoms with Gasteiger partial charge in [-0.15, -0.1) is 0 Å². The number of anilines is 1. The van der Waals surface area contributed by atoms with Crippen molar-refractivity contribution >= 4 is 28.3 Å². The number of rotatable bonds is 1. The molecule has 0 heterocycles. The zero-order valence-electron chi connectivity index (χ0n) is 10.2. The number of nitrogens with zero attached hydrogens (tertiary/aromatic N) is 1. The Balaban J connectivity index is 2.75. The van der Waals surface area contributed by atoms with Crippen molar-refractivity contribution in [2.75, 3.05) is 4.90 Å². The maximum atomic E-state index is 11.6. The Morgan fingerprint density at radius 1 is 0.944 bits per heavy atom. The molecule has 4 nitrogen and oxygen atoms in total. The van der Waals surface area contributed by atoms with E-state index in [-0.39, 0.29) is 17.6 Å². The molecule has 0 aromatic heterocycles. The third-order valence-corrected chi connectivity index (χ3v) is 2.75. The summed E-state index contributed by atoms with van der Waals surface area (Å²) in [7, 11) is 0. The summed E-state index contributed by atoms with van der Waals surface area (Å²) in [5.41, 5.74) is 0.489. The second kappa shape index (κ2) is 4.49. The van der Waals surface area contributed by atoms with Gasteiger partial charge in [-0.25, -0.2) is 0 Å². The number of hydrogen-bond donors (Lipinski definition) is 1. The largest absolute Gasteiger partial charge is 0.507 e. The molecule has 1 N–H and O–H groups in total. The van der Waals surface area contributed by atoms with E-state index in [2.05, 4.69) is 0 Å². The van der Waals surface area contributed by atoms with E-state index >= 15 is 0 Å². The first-order chi connectivity index (χ1) is 8.52. The van der Waals surface area contributed by atoms with Crippen molar-refractivity contribution in [3.05, 3.63) is 36.4 Å². The van der Waals surface area contributed by atoms with Crippen LogP contribution in [0.5, 0.6) is 5.75 Å². The molecule has 0 aliphatic rings. The second-order valence-electron chi connectivity index (χ2n) is 4.02. The highest BCUT2D eigenvalue weighted by Gasteiger charge is 2.18. The molecule has 0 saturated carbocycles. The normalized spacial score (nSPS) is 10.3. The van der Waals surface area contributed by atoms with E-state index in [0.717, 1.165) is 4.90 Å². The average Bonchev–Trinajstić information content (AvgIpc) is 2.29. The molecule has 0 fully saturated rings. The van der Waals surface area contributed by atoms with Crippen molar-refractivity contribution in [1.82, 2.24) is 0 Å². The first kappa shape index (κ1) is 12.1. The van der Waals surface area contributed by atoms with Crippen LogP contribution in [-0.4, -0.2) is 16.9 Å². The molecule has 0 spiro atoms. The lowest BCUT2D eigenvalue weighted by Gasteiger charge is -2.19. The number of phenolic OH excluding ortho intramolecular Hbond substituents is 1. The van der Waals surface area contributed by atoms with Crippen LogP contribution >= 0.6 is 0 Å². The number of amides is 2. The Kier molecular flexibility index (Phi) is 3.02. The highest BCUT2D eigenvalue weighted by Crippen LogP contribution is 2.32. The molecular formula is C14H13NO3. The van der Waals surface area contributed by atoms with Crippen molar-refractivity contribution in [3.63, 3.8) is 0 Å². The van der Waals surface area contributed by atoms with Crippen LogP contribution in [0.3, 0.4) is 0 Å². The van der Waals surface area contributed by atoms with Crippen LogP contribution in [0.25, 0.3) is 10.8 Å². The Bertz CT molecular complexity index is 620. The Morgan fingerprint density at radius 3 is 2.11 bits per heavy atom. The van der Waals surface area contributed by atoms with Crippen LogP contribution in [0.1, 0.15) is 13.8 Å². The van der Waals surface area contributed by atoms with Crippen molar-refractivity contribution in [3.8, 4) is 5.75 Å². The van der Waals surface area contributed by atoms with Gasteiger partial charge in [-0.05, 0) is 12.1 Å². The van der Waals surface area contributed by atoms with Gasteiger partial charge in [0.15, 0.2) is 0 Å². The topological polar surface area (TPSA) is 57.6 Å². The van der Waals surface area contributed by atoms with Gasteiger partial charge in [-0.1, -0.05) is 24.3 Å². The third-order valence-electron chi connectivity index (χ3n) is 2.75. The minimum atomic E-state index is -0.349. The zero-order chi connectivity index (χ0) is 13.3. The predicted molar refractivity (Wildman–Crippen MR) is 69.5 cm³/mol. The highest BCUT2D eigenvalue weighted by atomic mass is 16.3. The van der Waals surface area contributed by atoms with E-state index in [1.807, 2.05) is 0 Å². The summed E-state index contributed by atoms with van der Waals surface area (Å²) in [6.45, 7) is 2.67. The van der Waals surface area contributed by atoms with Gasteiger partial charge in [-0.2, -0.15) is 0 Å². The molecule has 4 heteroatoms. The molecule has 0 saturated heterocycles. The van der Waals surface area contributed by atoms with Gasteiger partial charge in [0.1, 0.15) is 5.75 Å². The van der Waals surface area contributed by atoms with Crippen molar-refractivity contribution in [1.29, 1.82) is 0 Å². The molecule has 0 bridgehead atoms. The Labute approximate surface area is 104 Å². The van der Waals surface area contributed by atoms with Gasteiger partial charge in [0.25, 0.3) is 0 Å². The minimum absolute atomic E-state index is 0.126. The molecule has 2 amide bonds. The summed E-state index contributed by atoms with van der Waals surface area (Å²) in [5.74, 6) is -0.571. The fourth-order valence-corrected chi connectivity index (χ4v) is 2.03. The van der Waals surface area contributed by atoms with E-state index in [4.69, 9.17) is 0 Å². The van der Waals surface area contributed by atoms with Gasteiger partial charge in [0.05, 0.1) is 5.69 Å². The average molecular weight is 243 g/mol. The van der Waals surface area contributed by atoms with Gasteiger partial charge in [0, 0.05) is 24.6 Å². The molecule has 0 unspecified atom stereocenters. The molecule has 92 valence electrons. The van der Waals surface area contributed by atoms with Crippen molar-refractivity contribution in [2.45, 2.75) is 13.8 Å². The highest BCUT2D eigenvalue weighted by molar-refractivity contribution is 6.18.